The maximum absolute atomic E-state index is 11.1. The van der Waals surface area contributed by atoms with Gasteiger partial charge in [0, 0.05) is 10.5 Å². The highest BCUT2D eigenvalue weighted by molar-refractivity contribution is 9.10. The number of carbonyl (C=O) groups is 1. The van der Waals surface area contributed by atoms with Gasteiger partial charge in [0.2, 0.25) is 5.88 Å². The van der Waals surface area contributed by atoms with Crippen LogP contribution in [0.2, 0.25) is 0 Å². The molecule has 0 fully saturated rings. The maximum atomic E-state index is 11.1. The summed E-state index contributed by atoms with van der Waals surface area (Å²) >= 11 is 3.25. The van der Waals surface area contributed by atoms with Crippen LogP contribution in [0, 0.1) is 10.1 Å². The van der Waals surface area contributed by atoms with Crippen molar-refractivity contribution >= 4 is 27.6 Å². The van der Waals surface area contributed by atoms with Gasteiger partial charge in [0.1, 0.15) is 17.5 Å². The molecule has 0 spiro atoms. The molecule has 0 bridgehead atoms. The van der Waals surface area contributed by atoms with E-state index >= 15 is 0 Å². The molecule has 1 heterocycles. The van der Waals surface area contributed by atoms with Gasteiger partial charge in [0.15, 0.2) is 0 Å². The van der Waals surface area contributed by atoms with Crippen LogP contribution in [0.5, 0.6) is 11.6 Å². The molecule has 0 saturated carbocycles. The Balaban J connectivity index is 2.38. The molecule has 0 radical (unpaired) electrons. The van der Waals surface area contributed by atoms with Crippen molar-refractivity contribution in [2.45, 2.75) is 0 Å². The first-order valence-corrected chi connectivity index (χ1v) is 6.08. The van der Waals surface area contributed by atoms with E-state index in [4.69, 9.17) is 9.84 Å². The first-order valence-electron chi connectivity index (χ1n) is 5.28. The SMILES string of the molecule is O=C(O)c1cc([N+](=O)[O-])cnc1Oc1ccc(Br)cc1. The third-order valence-electron chi connectivity index (χ3n) is 2.31. The Bertz CT molecular complexity index is 672. The van der Waals surface area contributed by atoms with E-state index in [1.807, 2.05) is 0 Å². The Kier molecular flexibility index (Phi) is 3.94. The molecule has 0 aliphatic carbocycles. The Morgan fingerprint density at radius 3 is 2.55 bits per heavy atom. The summed E-state index contributed by atoms with van der Waals surface area (Å²) < 4.78 is 6.16. The van der Waals surface area contributed by atoms with Gasteiger partial charge >= 0.3 is 5.97 Å². The van der Waals surface area contributed by atoms with Gasteiger partial charge in [-0.25, -0.2) is 9.78 Å². The number of benzene rings is 1. The summed E-state index contributed by atoms with van der Waals surface area (Å²) in [5.74, 6) is -1.18. The molecule has 7 nitrogen and oxygen atoms in total. The van der Waals surface area contributed by atoms with E-state index in [1.165, 1.54) is 0 Å². The summed E-state index contributed by atoms with van der Waals surface area (Å²) in [6.07, 6.45) is 0.945. The molecule has 0 aliphatic rings. The van der Waals surface area contributed by atoms with Crippen LogP contribution in [-0.2, 0) is 0 Å². The van der Waals surface area contributed by atoms with Gasteiger partial charge in [0.05, 0.1) is 4.92 Å². The van der Waals surface area contributed by atoms with Crippen molar-refractivity contribution in [3.63, 3.8) is 0 Å². The molecule has 0 amide bonds. The second-order valence-corrected chi connectivity index (χ2v) is 4.58. The van der Waals surface area contributed by atoms with E-state index in [-0.39, 0.29) is 11.4 Å². The lowest BCUT2D eigenvalue weighted by Gasteiger charge is -2.07. The molecule has 8 heteroatoms. The second kappa shape index (κ2) is 5.66. The maximum Gasteiger partial charge on any atom is 0.341 e. The summed E-state index contributed by atoms with van der Waals surface area (Å²) in [4.78, 5) is 24.7. The lowest BCUT2D eigenvalue weighted by Crippen LogP contribution is -2.03. The fraction of sp³-hybridized carbons (Fsp3) is 0. The van der Waals surface area contributed by atoms with Gasteiger partial charge in [-0.3, -0.25) is 10.1 Å². The van der Waals surface area contributed by atoms with Crippen molar-refractivity contribution < 1.29 is 19.6 Å². The number of halogens is 1. The molecular weight excluding hydrogens is 332 g/mol. The van der Waals surface area contributed by atoms with Crippen LogP contribution in [0.3, 0.4) is 0 Å². The van der Waals surface area contributed by atoms with Crippen LogP contribution >= 0.6 is 15.9 Å². The van der Waals surface area contributed by atoms with Crippen LogP contribution in [0.15, 0.2) is 41.0 Å². The molecule has 1 aromatic heterocycles. The summed E-state index contributed by atoms with van der Waals surface area (Å²) in [5.41, 5.74) is -0.785. The highest BCUT2D eigenvalue weighted by Gasteiger charge is 2.19. The predicted molar refractivity (Wildman–Crippen MR) is 72.1 cm³/mol. The van der Waals surface area contributed by atoms with Gasteiger partial charge in [-0.15, -0.1) is 0 Å². The minimum Gasteiger partial charge on any atom is -0.477 e. The number of nitrogens with zero attached hydrogens (tertiary/aromatic N) is 2. The summed E-state index contributed by atoms with van der Waals surface area (Å²) in [6.45, 7) is 0. The van der Waals surface area contributed by atoms with E-state index in [0.29, 0.717) is 5.75 Å². The van der Waals surface area contributed by atoms with Gasteiger partial charge < -0.3 is 9.84 Å². The number of rotatable bonds is 4. The third-order valence-corrected chi connectivity index (χ3v) is 2.83. The average molecular weight is 339 g/mol. The zero-order valence-corrected chi connectivity index (χ0v) is 11.4. The topological polar surface area (TPSA) is 103 Å². The highest BCUT2D eigenvalue weighted by atomic mass is 79.9. The normalized spacial score (nSPS) is 10.1. The number of carboxylic acid groups (broad SMARTS) is 1. The molecule has 2 rings (SSSR count). The summed E-state index contributed by atoms with van der Waals surface area (Å²) in [5, 5.41) is 19.7. The Hall–Kier alpha value is -2.48. The number of hydrogen-bond acceptors (Lipinski definition) is 5. The van der Waals surface area contributed by atoms with Crippen molar-refractivity contribution in [1.29, 1.82) is 0 Å². The minimum atomic E-state index is -1.35. The zero-order chi connectivity index (χ0) is 14.7. The van der Waals surface area contributed by atoms with Gasteiger partial charge in [-0.05, 0) is 24.3 Å². The molecule has 102 valence electrons. The smallest absolute Gasteiger partial charge is 0.341 e. The number of ether oxygens (including phenoxy) is 1. The number of hydrogen-bond donors (Lipinski definition) is 1. The quantitative estimate of drug-likeness (QED) is 0.678. The van der Waals surface area contributed by atoms with Crippen LogP contribution in [-0.4, -0.2) is 21.0 Å². The lowest BCUT2D eigenvalue weighted by molar-refractivity contribution is -0.385. The zero-order valence-electron chi connectivity index (χ0n) is 9.82. The molecule has 0 aliphatic heterocycles. The highest BCUT2D eigenvalue weighted by Crippen LogP contribution is 2.27. The molecule has 1 aromatic carbocycles. The van der Waals surface area contributed by atoms with Crippen molar-refractivity contribution in [3.05, 3.63) is 56.7 Å². The first-order chi connectivity index (χ1) is 9.47. The fourth-order valence-corrected chi connectivity index (χ4v) is 1.65. The largest absolute Gasteiger partial charge is 0.477 e. The van der Waals surface area contributed by atoms with E-state index < -0.39 is 16.6 Å². The van der Waals surface area contributed by atoms with E-state index in [0.717, 1.165) is 16.7 Å². The van der Waals surface area contributed by atoms with Crippen molar-refractivity contribution in [2.75, 3.05) is 0 Å². The molecule has 0 unspecified atom stereocenters. The van der Waals surface area contributed by atoms with Crippen LogP contribution in [0.25, 0.3) is 0 Å². The van der Waals surface area contributed by atoms with Crippen molar-refractivity contribution in [3.8, 4) is 11.6 Å². The molecule has 20 heavy (non-hydrogen) atoms. The number of aromatic carboxylic acids is 1. The first kappa shape index (κ1) is 13.9. The average Bonchev–Trinajstić information content (AvgIpc) is 2.41. The van der Waals surface area contributed by atoms with Crippen LogP contribution in [0.4, 0.5) is 5.69 Å². The van der Waals surface area contributed by atoms with Crippen molar-refractivity contribution in [2.24, 2.45) is 0 Å². The standard InChI is InChI=1S/C12H7BrN2O5/c13-7-1-3-9(4-2-7)20-11-10(12(16)17)5-8(6-14-11)15(18)19/h1-6H,(H,16,17). The van der Waals surface area contributed by atoms with Crippen LogP contribution in [0.1, 0.15) is 10.4 Å². The third kappa shape index (κ3) is 3.09. The van der Waals surface area contributed by atoms with E-state index in [9.17, 15) is 14.9 Å². The minimum absolute atomic E-state index is 0.203. The van der Waals surface area contributed by atoms with Gasteiger partial charge in [0.25, 0.3) is 5.69 Å². The van der Waals surface area contributed by atoms with Crippen molar-refractivity contribution in [1.82, 2.24) is 4.98 Å². The number of aromatic nitrogens is 1. The Morgan fingerprint density at radius 1 is 1.35 bits per heavy atom. The molecular formula is C12H7BrN2O5. The molecule has 2 aromatic rings. The second-order valence-electron chi connectivity index (χ2n) is 3.66. The number of pyridine rings is 1. The summed E-state index contributed by atoms with van der Waals surface area (Å²) in [7, 11) is 0. The van der Waals surface area contributed by atoms with E-state index in [2.05, 4.69) is 20.9 Å². The predicted octanol–water partition coefficient (Wildman–Crippen LogP) is 3.24. The van der Waals surface area contributed by atoms with Crippen LogP contribution < -0.4 is 4.74 Å². The molecule has 0 atom stereocenters. The summed E-state index contributed by atoms with van der Waals surface area (Å²) in [6, 6.07) is 7.55. The fourth-order valence-electron chi connectivity index (χ4n) is 1.39. The molecule has 1 N–H and O–H groups in total. The molecule has 0 saturated heterocycles. The Morgan fingerprint density at radius 2 is 2.00 bits per heavy atom. The van der Waals surface area contributed by atoms with Gasteiger partial charge in [-0.1, -0.05) is 15.9 Å². The monoisotopic (exact) mass is 338 g/mol. The number of carboxylic acids is 1. The lowest BCUT2D eigenvalue weighted by atomic mass is 10.2. The van der Waals surface area contributed by atoms with Gasteiger partial charge in [-0.2, -0.15) is 0 Å². The van der Waals surface area contributed by atoms with E-state index in [1.54, 1.807) is 24.3 Å². The Labute approximate surface area is 121 Å². The number of nitro groups is 1.